The third kappa shape index (κ3) is 3.95. The first-order valence-electron chi connectivity index (χ1n) is 8.49. The van der Waals surface area contributed by atoms with Crippen LogP contribution in [0.15, 0.2) is 0 Å². The normalized spacial score (nSPS) is 23.1. The minimum atomic E-state index is 0.0520. The van der Waals surface area contributed by atoms with E-state index in [0.29, 0.717) is 11.9 Å². The Balaban J connectivity index is 1.97. The van der Waals surface area contributed by atoms with E-state index in [-0.39, 0.29) is 6.04 Å². The highest BCUT2D eigenvalue weighted by molar-refractivity contribution is 5.81. The van der Waals surface area contributed by atoms with Crippen LogP contribution in [0, 0.1) is 0 Å². The van der Waals surface area contributed by atoms with E-state index < -0.39 is 0 Å². The minimum absolute atomic E-state index is 0.0520. The fourth-order valence-corrected chi connectivity index (χ4v) is 3.61. The molecule has 2 rings (SSSR count). The molecule has 0 aromatic carbocycles. The molecule has 1 amide bonds. The van der Waals surface area contributed by atoms with Crippen LogP contribution >= 0.6 is 0 Å². The largest absolute Gasteiger partial charge is 0.341 e. The molecule has 2 heterocycles. The van der Waals surface area contributed by atoms with Gasteiger partial charge in [0.2, 0.25) is 5.91 Å². The van der Waals surface area contributed by atoms with Gasteiger partial charge in [-0.3, -0.25) is 9.69 Å². The van der Waals surface area contributed by atoms with Crippen LogP contribution in [0.25, 0.3) is 0 Å². The van der Waals surface area contributed by atoms with Crippen LogP contribution in [0.1, 0.15) is 52.4 Å². The number of rotatable bonds is 5. The summed E-state index contributed by atoms with van der Waals surface area (Å²) in [5.74, 6) is 0.358. The van der Waals surface area contributed by atoms with E-state index >= 15 is 0 Å². The molecule has 0 saturated carbocycles. The van der Waals surface area contributed by atoms with Gasteiger partial charge in [-0.2, -0.15) is 0 Å². The fraction of sp³-hybridized carbons (Fsp3) is 0.938. The summed E-state index contributed by atoms with van der Waals surface area (Å²) in [7, 11) is 0. The van der Waals surface area contributed by atoms with Gasteiger partial charge in [0, 0.05) is 19.1 Å². The average Bonchev–Trinajstić information content (AvgIpc) is 2.53. The zero-order valence-electron chi connectivity index (χ0n) is 13.2. The van der Waals surface area contributed by atoms with Crippen LogP contribution in [0.3, 0.4) is 0 Å². The summed E-state index contributed by atoms with van der Waals surface area (Å²) in [6.45, 7) is 9.50. The van der Waals surface area contributed by atoms with Gasteiger partial charge in [-0.15, -0.1) is 0 Å². The van der Waals surface area contributed by atoms with Crippen LogP contribution < -0.4 is 5.32 Å². The van der Waals surface area contributed by atoms with Crippen molar-refractivity contribution in [2.24, 2.45) is 0 Å². The van der Waals surface area contributed by atoms with Gasteiger partial charge in [-0.1, -0.05) is 6.92 Å². The first kappa shape index (κ1) is 15.8. The first-order chi connectivity index (χ1) is 9.74. The maximum absolute atomic E-state index is 12.7. The zero-order chi connectivity index (χ0) is 14.4. The Bertz CT molecular complexity index is 296. The molecule has 2 fully saturated rings. The second-order valence-electron chi connectivity index (χ2n) is 6.28. The summed E-state index contributed by atoms with van der Waals surface area (Å²) < 4.78 is 0. The van der Waals surface area contributed by atoms with Gasteiger partial charge in [-0.25, -0.2) is 0 Å². The molecule has 2 saturated heterocycles. The molecule has 4 heteroatoms. The summed E-state index contributed by atoms with van der Waals surface area (Å²) in [6.07, 6.45) is 7.13. The Morgan fingerprint density at radius 2 is 1.90 bits per heavy atom. The van der Waals surface area contributed by atoms with E-state index in [1.807, 2.05) is 0 Å². The molecule has 1 atom stereocenters. The molecule has 1 unspecified atom stereocenters. The fourth-order valence-electron chi connectivity index (χ4n) is 3.61. The van der Waals surface area contributed by atoms with Gasteiger partial charge in [0.05, 0.1) is 6.04 Å². The number of carbonyl (C=O) groups excluding carboxylic acids is 1. The molecular formula is C16H31N3O. The van der Waals surface area contributed by atoms with Crippen LogP contribution in [0.2, 0.25) is 0 Å². The maximum atomic E-state index is 12.7. The van der Waals surface area contributed by atoms with Gasteiger partial charge < -0.3 is 10.2 Å². The van der Waals surface area contributed by atoms with Crippen molar-refractivity contribution >= 4 is 5.91 Å². The molecule has 0 spiro atoms. The van der Waals surface area contributed by atoms with E-state index in [1.54, 1.807) is 0 Å². The Hall–Kier alpha value is -0.610. The van der Waals surface area contributed by atoms with Crippen LogP contribution in [-0.2, 0) is 4.79 Å². The highest BCUT2D eigenvalue weighted by Gasteiger charge is 2.31. The van der Waals surface area contributed by atoms with Crippen molar-refractivity contribution in [3.63, 3.8) is 0 Å². The Morgan fingerprint density at radius 3 is 2.50 bits per heavy atom. The van der Waals surface area contributed by atoms with Crippen molar-refractivity contribution in [3.8, 4) is 0 Å². The van der Waals surface area contributed by atoms with Crippen molar-refractivity contribution < 1.29 is 4.79 Å². The third-order valence-electron chi connectivity index (χ3n) is 4.78. The van der Waals surface area contributed by atoms with E-state index in [2.05, 4.69) is 29.0 Å². The van der Waals surface area contributed by atoms with Crippen molar-refractivity contribution in [3.05, 3.63) is 0 Å². The smallest absolute Gasteiger partial charge is 0.239 e. The molecule has 2 aliphatic heterocycles. The molecule has 116 valence electrons. The van der Waals surface area contributed by atoms with Crippen LogP contribution in [0.5, 0.6) is 0 Å². The Kier molecular flexibility index (Phi) is 6.30. The first-order valence-corrected chi connectivity index (χ1v) is 8.49. The van der Waals surface area contributed by atoms with E-state index in [4.69, 9.17) is 0 Å². The lowest BCUT2D eigenvalue weighted by Crippen LogP contribution is -2.54. The molecule has 0 radical (unpaired) electrons. The number of carbonyl (C=O) groups is 1. The lowest BCUT2D eigenvalue weighted by atomic mass is 10.0. The number of nitrogens with zero attached hydrogens (tertiary/aromatic N) is 2. The lowest BCUT2D eigenvalue weighted by molar-refractivity contribution is -0.138. The summed E-state index contributed by atoms with van der Waals surface area (Å²) in [5, 5.41) is 3.42. The summed E-state index contributed by atoms with van der Waals surface area (Å²) in [5.41, 5.74) is 0. The van der Waals surface area contributed by atoms with E-state index in [0.717, 1.165) is 39.1 Å². The Morgan fingerprint density at radius 1 is 1.25 bits per heavy atom. The van der Waals surface area contributed by atoms with Crippen molar-refractivity contribution in [1.29, 1.82) is 0 Å². The van der Waals surface area contributed by atoms with E-state index in [1.165, 1.54) is 32.1 Å². The second-order valence-corrected chi connectivity index (χ2v) is 6.28. The number of hydrogen-bond acceptors (Lipinski definition) is 3. The number of nitrogens with one attached hydrogen (secondary N) is 1. The minimum Gasteiger partial charge on any atom is -0.341 e. The molecule has 20 heavy (non-hydrogen) atoms. The zero-order valence-corrected chi connectivity index (χ0v) is 13.2. The number of hydrogen-bond donors (Lipinski definition) is 1. The summed E-state index contributed by atoms with van der Waals surface area (Å²) >= 11 is 0. The molecule has 1 N–H and O–H groups in total. The molecule has 0 aromatic rings. The van der Waals surface area contributed by atoms with Crippen molar-refractivity contribution in [2.75, 3.05) is 32.7 Å². The number of piperidine rings is 2. The van der Waals surface area contributed by atoms with Crippen LogP contribution in [0.4, 0.5) is 0 Å². The molecular weight excluding hydrogens is 250 g/mol. The monoisotopic (exact) mass is 281 g/mol. The van der Waals surface area contributed by atoms with Crippen LogP contribution in [-0.4, -0.2) is 60.5 Å². The quantitative estimate of drug-likeness (QED) is 0.835. The lowest BCUT2D eigenvalue weighted by Gasteiger charge is -2.40. The summed E-state index contributed by atoms with van der Waals surface area (Å²) in [6, 6.07) is 0.635. The van der Waals surface area contributed by atoms with Gasteiger partial charge in [0.1, 0.15) is 0 Å². The highest BCUT2D eigenvalue weighted by atomic mass is 16.2. The van der Waals surface area contributed by atoms with E-state index in [9.17, 15) is 4.79 Å². The van der Waals surface area contributed by atoms with Gasteiger partial charge in [-0.05, 0) is 65.1 Å². The highest BCUT2D eigenvalue weighted by Crippen LogP contribution is 2.19. The molecule has 0 bridgehead atoms. The molecule has 0 aliphatic carbocycles. The number of likely N-dealkylation sites (tertiary alicyclic amines) is 1. The predicted octanol–water partition coefficient (Wildman–Crippen LogP) is 1.85. The number of amides is 1. The maximum Gasteiger partial charge on any atom is 0.239 e. The average molecular weight is 281 g/mol. The SMILES string of the molecule is CCCN(C1CCNCC1)C(C)C(=O)N1CCCCC1. The van der Waals surface area contributed by atoms with Crippen molar-refractivity contribution in [2.45, 2.75) is 64.5 Å². The second kappa shape index (κ2) is 7.99. The molecule has 2 aliphatic rings. The predicted molar refractivity (Wildman–Crippen MR) is 82.8 cm³/mol. The van der Waals surface area contributed by atoms with Crippen molar-refractivity contribution in [1.82, 2.24) is 15.1 Å². The third-order valence-corrected chi connectivity index (χ3v) is 4.78. The van der Waals surface area contributed by atoms with Gasteiger partial charge in [0.25, 0.3) is 0 Å². The van der Waals surface area contributed by atoms with Gasteiger partial charge in [0.15, 0.2) is 0 Å². The summed E-state index contributed by atoms with van der Waals surface area (Å²) in [4.78, 5) is 17.3. The van der Waals surface area contributed by atoms with Gasteiger partial charge >= 0.3 is 0 Å². The Labute approximate surface area is 123 Å². The molecule has 4 nitrogen and oxygen atoms in total. The molecule has 0 aromatic heterocycles. The standard InChI is InChI=1S/C16H31N3O/c1-3-11-19(15-7-9-17-10-8-15)14(2)16(20)18-12-5-4-6-13-18/h14-15,17H,3-13H2,1-2H3. The topological polar surface area (TPSA) is 35.6 Å².